The minimum Gasteiger partial charge on any atom is -0.385 e. The molecule has 1 aromatic rings. The first kappa shape index (κ1) is 13.9. The molecule has 4 nitrogen and oxygen atoms in total. The number of nitrogens with zero attached hydrogens (tertiary/aromatic N) is 1. The van der Waals surface area contributed by atoms with Gasteiger partial charge in [0.15, 0.2) is 5.96 Å². The number of hydrogen-bond acceptors (Lipinski definition) is 2. The molecule has 1 aliphatic carbocycles. The van der Waals surface area contributed by atoms with Gasteiger partial charge in [0.1, 0.15) is 0 Å². The number of methoxy groups -OCH3 is 1. The maximum atomic E-state index is 5.02. The van der Waals surface area contributed by atoms with Gasteiger partial charge in [-0.1, -0.05) is 24.3 Å². The SMILES string of the molecule is CN=C(NCCCOC)NCC1Cc2ccccc21. The van der Waals surface area contributed by atoms with Crippen LogP contribution < -0.4 is 10.6 Å². The van der Waals surface area contributed by atoms with Crippen LogP contribution in [0.2, 0.25) is 0 Å². The number of nitrogens with one attached hydrogen (secondary N) is 2. The molecule has 0 spiro atoms. The highest BCUT2D eigenvalue weighted by Crippen LogP contribution is 2.33. The Balaban J connectivity index is 1.70. The topological polar surface area (TPSA) is 45.7 Å². The fraction of sp³-hybridized carbons (Fsp3) is 0.533. The predicted octanol–water partition coefficient (Wildman–Crippen LogP) is 1.53. The first-order valence-electron chi connectivity index (χ1n) is 6.86. The van der Waals surface area contributed by atoms with Crippen LogP contribution in [0.25, 0.3) is 0 Å². The molecule has 0 bridgehead atoms. The van der Waals surface area contributed by atoms with Crippen LogP contribution in [0.15, 0.2) is 29.3 Å². The molecular formula is C15H23N3O. The summed E-state index contributed by atoms with van der Waals surface area (Å²) in [6.45, 7) is 2.61. The van der Waals surface area contributed by atoms with E-state index in [4.69, 9.17) is 4.74 Å². The van der Waals surface area contributed by atoms with Crippen molar-refractivity contribution in [3.05, 3.63) is 35.4 Å². The maximum Gasteiger partial charge on any atom is 0.190 e. The summed E-state index contributed by atoms with van der Waals surface area (Å²) in [7, 11) is 3.53. The van der Waals surface area contributed by atoms with Crippen molar-refractivity contribution >= 4 is 5.96 Å². The van der Waals surface area contributed by atoms with E-state index in [9.17, 15) is 0 Å². The summed E-state index contributed by atoms with van der Waals surface area (Å²) >= 11 is 0. The monoisotopic (exact) mass is 261 g/mol. The van der Waals surface area contributed by atoms with Crippen molar-refractivity contribution in [1.29, 1.82) is 0 Å². The van der Waals surface area contributed by atoms with Gasteiger partial charge in [-0.2, -0.15) is 0 Å². The molecule has 0 radical (unpaired) electrons. The number of aliphatic imine (C=N–C) groups is 1. The Morgan fingerprint density at radius 1 is 1.37 bits per heavy atom. The first-order chi connectivity index (χ1) is 9.35. The third kappa shape index (κ3) is 3.70. The molecule has 0 saturated carbocycles. The van der Waals surface area contributed by atoms with Crippen LogP contribution in [0.4, 0.5) is 0 Å². The summed E-state index contributed by atoms with van der Waals surface area (Å²) in [5.41, 5.74) is 2.96. The molecule has 0 amide bonds. The van der Waals surface area contributed by atoms with Crippen molar-refractivity contribution in [2.24, 2.45) is 4.99 Å². The van der Waals surface area contributed by atoms with Gasteiger partial charge < -0.3 is 15.4 Å². The lowest BCUT2D eigenvalue weighted by atomic mass is 9.78. The molecule has 1 aromatic carbocycles. The summed E-state index contributed by atoms with van der Waals surface area (Å²) in [6, 6.07) is 8.66. The van der Waals surface area contributed by atoms with Crippen molar-refractivity contribution in [3.8, 4) is 0 Å². The zero-order valence-electron chi connectivity index (χ0n) is 11.8. The van der Waals surface area contributed by atoms with E-state index in [1.165, 1.54) is 17.5 Å². The minimum absolute atomic E-state index is 0.619. The minimum atomic E-state index is 0.619. The second-order valence-corrected chi connectivity index (χ2v) is 4.83. The van der Waals surface area contributed by atoms with Crippen LogP contribution in [-0.4, -0.2) is 39.8 Å². The molecule has 2 rings (SSSR count). The van der Waals surface area contributed by atoms with Crippen LogP contribution in [0.3, 0.4) is 0 Å². The van der Waals surface area contributed by atoms with E-state index in [1.807, 2.05) is 0 Å². The lowest BCUT2D eigenvalue weighted by Crippen LogP contribution is -2.41. The van der Waals surface area contributed by atoms with E-state index in [-0.39, 0.29) is 0 Å². The van der Waals surface area contributed by atoms with Gasteiger partial charge in [0.25, 0.3) is 0 Å². The van der Waals surface area contributed by atoms with Gasteiger partial charge in [-0.3, -0.25) is 4.99 Å². The quantitative estimate of drug-likeness (QED) is 0.464. The molecule has 0 heterocycles. The van der Waals surface area contributed by atoms with Crippen molar-refractivity contribution < 1.29 is 4.74 Å². The molecule has 104 valence electrons. The van der Waals surface area contributed by atoms with Gasteiger partial charge in [-0.05, 0) is 24.0 Å². The molecule has 0 saturated heterocycles. The number of fused-ring (bicyclic) bond motifs is 1. The van der Waals surface area contributed by atoms with Gasteiger partial charge in [0, 0.05) is 39.8 Å². The maximum absolute atomic E-state index is 5.02. The first-order valence-corrected chi connectivity index (χ1v) is 6.86. The lowest BCUT2D eigenvalue weighted by molar-refractivity contribution is 0.195. The van der Waals surface area contributed by atoms with E-state index in [0.29, 0.717) is 5.92 Å². The summed E-state index contributed by atoms with van der Waals surface area (Å²) in [5.74, 6) is 1.49. The fourth-order valence-electron chi connectivity index (χ4n) is 2.41. The highest BCUT2D eigenvalue weighted by atomic mass is 16.5. The van der Waals surface area contributed by atoms with E-state index in [0.717, 1.165) is 32.1 Å². The van der Waals surface area contributed by atoms with Crippen molar-refractivity contribution in [2.75, 3.05) is 33.9 Å². The highest BCUT2D eigenvalue weighted by Gasteiger charge is 2.24. The fourth-order valence-corrected chi connectivity index (χ4v) is 2.41. The number of ether oxygens (including phenoxy) is 1. The third-order valence-corrected chi connectivity index (χ3v) is 3.52. The van der Waals surface area contributed by atoms with Gasteiger partial charge in [-0.15, -0.1) is 0 Å². The molecule has 1 aliphatic rings. The largest absolute Gasteiger partial charge is 0.385 e. The predicted molar refractivity (Wildman–Crippen MR) is 78.7 cm³/mol. The van der Waals surface area contributed by atoms with Crippen LogP contribution in [-0.2, 0) is 11.2 Å². The van der Waals surface area contributed by atoms with Gasteiger partial charge >= 0.3 is 0 Å². The van der Waals surface area contributed by atoms with Gasteiger partial charge in [0.05, 0.1) is 0 Å². The summed E-state index contributed by atoms with van der Waals surface area (Å²) in [5, 5.41) is 6.68. The average molecular weight is 261 g/mol. The Morgan fingerprint density at radius 3 is 2.95 bits per heavy atom. The van der Waals surface area contributed by atoms with E-state index < -0.39 is 0 Å². The summed E-state index contributed by atoms with van der Waals surface area (Å²) in [6.07, 6.45) is 2.16. The molecule has 1 unspecified atom stereocenters. The molecule has 0 aliphatic heterocycles. The van der Waals surface area contributed by atoms with Gasteiger partial charge in [-0.25, -0.2) is 0 Å². The smallest absolute Gasteiger partial charge is 0.190 e. The lowest BCUT2D eigenvalue weighted by Gasteiger charge is -2.30. The Hall–Kier alpha value is -1.55. The van der Waals surface area contributed by atoms with Gasteiger partial charge in [0.2, 0.25) is 0 Å². The van der Waals surface area contributed by atoms with Crippen molar-refractivity contribution in [3.63, 3.8) is 0 Å². The zero-order chi connectivity index (χ0) is 13.5. The number of benzene rings is 1. The Bertz CT molecular complexity index is 431. The summed E-state index contributed by atoms with van der Waals surface area (Å²) in [4.78, 5) is 4.23. The Kier molecular flexibility index (Phi) is 5.21. The third-order valence-electron chi connectivity index (χ3n) is 3.52. The number of rotatable bonds is 6. The van der Waals surface area contributed by atoms with E-state index in [2.05, 4.69) is 39.9 Å². The second-order valence-electron chi connectivity index (χ2n) is 4.83. The molecule has 4 heteroatoms. The van der Waals surface area contributed by atoms with Crippen LogP contribution >= 0.6 is 0 Å². The van der Waals surface area contributed by atoms with Crippen molar-refractivity contribution in [1.82, 2.24) is 10.6 Å². The van der Waals surface area contributed by atoms with Crippen molar-refractivity contribution in [2.45, 2.75) is 18.8 Å². The van der Waals surface area contributed by atoms with E-state index in [1.54, 1.807) is 14.2 Å². The summed E-state index contributed by atoms with van der Waals surface area (Å²) < 4.78 is 5.02. The number of guanidine groups is 1. The highest BCUT2D eigenvalue weighted by molar-refractivity contribution is 5.79. The molecule has 0 fully saturated rings. The van der Waals surface area contributed by atoms with Crippen LogP contribution in [0.1, 0.15) is 23.5 Å². The van der Waals surface area contributed by atoms with Crippen LogP contribution in [0.5, 0.6) is 0 Å². The Labute approximate surface area is 115 Å². The molecule has 0 aromatic heterocycles. The average Bonchev–Trinajstić information content (AvgIpc) is 2.42. The molecular weight excluding hydrogens is 238 g/mol. The molecule has 2 N–H and O–H groups in total. The standard InChI is InChI=1S/C15H23N3O/c1-16-15(17-8-5-9-19-2)18-11-13-10-12-6-3-4-7-14(12)13/h3-4,6-7,13H,5,8-11H2,1-2H3,(H2,16,17,18). The molecule has 1 atom stereocenters. The van der Waals surface area contributed by atoms with Crippen LogP contribution in [0, 0.1) is 0 Å². The Morgan fingerprint density at radius 2 is 2.21 bits per heavy atom. The second kappa shape index (κ2) is 7.14. The van der Waals surface area contributed by atoms with E-state index >= 15 is 0 Å². The zero-order valence-corrected chi connectivity index (χ0v) is 11.8. The normalized spacial score (nSPS) is 17.6. The molecule has 19 heavy (non-hydrogen) atoms. The number of hydrogen-bond donors (Lipinski definition) is 2.